The number of nitro benzene ring substituents is 1. The van der Waals surface area contributed by atoms with Crippen LogP contribution in [0.3, 0.4) is 0 Å². The topological polar surface area (TPSA) is 157 Å². The Labute approximate surface area is 167 Å². The average molecular weight is 411 g/mol. The van der Waals surface area contributed by atoms with Gasteiger partial charge in [-0.1, -0.05) is 41.9 Å². The smallest absolute Gasteiger partial charge is 0.312 e. The molecule has 1 heterocycles. The Balaban J connectivity index is 1.95. The summed E-state index contributed by atoms with van der Waals surface area (Å²) < 4.78 is 0. The lowest BCUT2D eigenvalue weighted by atomic mass is 10.1. The van der Waals surface area contributed by atoms with Crippen LogP contribution in [0.25, 0.3) is 11.3 Å². The number of rotatable bonds is 5. The lowest BCUT2D eigenvalue weighted by Crippen LogP contribution is -2.16. The van der Waals surface area contributed by atoms with Gasteiger partial charge in [0.2, 0.25) is 11.7 Å². The van der Waals surface area contributed by atoms with E-state index in [4.69, 9.17) is 11.6 Å². The molecule has 0 amide bonds. The van der Waals surface area contributed by atoms with Crippen molar-refractivity contribution >= 4 is 29.5 Å². The van der Waals surface area contributed by atoms with Crippen molar-refractivity contribution in [3.05, 3.63) is 79.1 Å². The molecule has 3 rings (SSSR count). The Morgan fingerprint density at radius 2 is 2.07 bits per heavy atom. The number of phenolic OH excluding ortho intramolecular Hbond substituents is 1. The number of nitrogens with one attached hydrogen (secondary N) is 2. The fraction of sp³-hybridized carbons (Fsp3) is 0. The van der Waals surface area contributed by atoms with Crippen LogP contribution in [0.5, 0.6) is 5.75 Å². The zero-order valence-corrected chi connectivity index (χ0v) is 15.2. The van der Waals surface area contributed by atoms with Crippen LogP contribution >= 0.6 is 11.6 Å². The summed E-state index contributed by atoms with van der Waals surface area (Å²) in [6, 6.07) is 12.7. The molecule has 0 radical (unpaired) electrons. The Kier molecular flexibility index (Phi) is 5.52. The minimum Gasteiger partial charge on any atom is -0.502 e. The first-order valence-electron chi connectivity index (χ1n) is 7.96. The van der Waals surface area contributed by atoms with E-state index < -0.39 is 21.9 Å². The van der Waals surface area contributed by atoms with Crippen LogP contribution in [0.2, 0.25) is 5.02 Å². The lowest BCUT2D eigenvalue weighted by Gasteiger charge is -2.06. The highest BCUT2D eigenvalue weighted by molar-refractivity contribution is 6.31. The third-order valence-electron chi connectivity index (χ3n) is 3.73. The molecule has 0 fully saturated rings. The van der Waals surface area contributed by atoms with Gasteiger partial charge in [0.05, 0.1) is 16.8 Å². The fourth-order valence-corrected chi connectivity index (χ4v) is 2.66. The van der Waals surface area contributed by atoms with Gasteiger partial charge in [0.15, 0.2) is 0 Å². The van der Waals surface area contributed by atoms with E-state index in [0.717, 1.165) is 12.3 Å². The molecular formula is C18H11ClN6O4. The number of benzene rings is 2. The minimum atomic E-state index is -0.780. The van der Waals surface area contributed by atoms with Gasteiger partial charge in [-0.05, 0) is 6.07 Å². The van der Waals surface area contributed by atoms with Crippen molar-refractivity contribution in [2.24, 2.45) is 5.10 Å². The van der Waals surface area contributed by atoms with Crippen LogP contribution in [0.4, 0.5) is 11.6 Å². The number of aromatic nitrogens is 2. The predicted octanol–water partition coefficient (Wildman–Crippen LogP) is 3.02. The van der Waals surface area contributed by atoms with Gasteiger partial charge < -0.3 is 5.11 Å². The molecule has 0 aliphatic rings. The number of nitriles is 1. The molecular weight excluding hydrogens is 400 g/mol. The number of hydrogen-bond donors (Lipinski definition) is 3. The summed E-state index contributed by atoms with van der Waals surface area (Å²) in [7, 11) is 0. The van der Waals surface area contributed by atoms with E-state index >= 15 is 0 Å². The highest BCUT2D eigenvalue weighted by atomic mass is 35.5. The van der Waals surface area contributed by atoms with Crippen LogP contribution in [0, 0.1) is 21.4 Å². The van der Waals surface area contributed by atoms with Crippen molar-refractivity contribution in [2.45, 2.75) is 0 Å². The molecule has 2 aromatic carbocycles. The fourth-order valence-electron chi connectivity index (χ4n) is 2.44. The third kappa shape index (κ3) is 4.20. The van der Waals surface area contributed by atoms with Crippen molar-refractivity contribution < 1.29 is 10.0 Å². The second kappa shape index (κ2) is 8.20. The van der Waals surface area contributed by atoms with E-state index in [1.807, 2.05) is 6.07 Å². The number of aromatic hydroxyl groups is 1. The summed E-state index contributed by atoms with van der Waals surface area (Å²) in [5, 5.41) is 34.0. The van der Waals surface area contributed by atoms with Crippen LogP contribution in [0.15, 0.2) is 52.4 Å². The van der Waals surface area contributed by atoms with Gasteiger partial charge in [0, 0.05) is 22.2 Å². The standard InChI is InChI=1S/C18H11ClN6O4/c19-12-6-11(16(26)14(7-12)25(28)29)9-21-24-18-22-15(10-4-2-1-3-5-10)13(8-20)17(27)23-18/h1-7,9,26H,(H2,22,23,24,27). The van der Waals surface area contributed by atoms with Crippen molar-refractivity contribution in [2.75, 3.05) is 5.43 Å². The average Bonchev–Trinajstić information content (AvgIpc) is 2.70. The zero-order chi connectivity index (χ0) is 21.0. The molecule has 0 aliphatic heterocycles. The van der Waals surface area contributed by atoms with Gasteiger partial charge in [-0.3, -0.25) is 19.9 Å². The summed E-state index contributed by atoms with van der Waals surface area (Å²) in [5.41, 5.74) is 1.77. The van der Waals surface area contributed by atoms with Crippen molar-refractivity contribution in [3.63, 3.8) is 0 Å². The van der Waals surface area contributed by atoms with E-state index in [9.17, 15) is 25.3 Å². The van der Waals surface area contributed by atoms with Gasteiger partial charge in [-0.2, -0.15) is 10.4 Å². The Hall–Kier alpha value is -4.23. The van der Waals surface area contributed by atoms with Gasteiger partial charge >= 0.3 is 5.69 Å². The largest absolute Gasteiger partial charge is 0.502 e. The number of anilines is 1. The summed E-state index contributed by atoms with van der Waals surface area (Å²) in [5.74, 6) is -0.684. The summed E-state index contributed by atoms with van der Waals surface area (Å²) >= 11 is 5.82. The first-order valence-corrected chi connectivity index (χ1v) is 8.34. The van der Waals surface area contributed by atoms with Gasteiger partial charge in [0.1, 0.15) is 11.6 Å². The highest BCUT2D eigenvalue weighted by Gasteiger charge is 2.18. The minimum absolute atomic E-state index is 0.0176. The number of nitro groups is 1. The van der Waals surface area contributed by atoms with Gasteiger partial charge in [-0.15, -0.1) is 0 Å². The van der Waals surface area contributed by atoms with E-state index in [1.165, 1.54) is 6.07 Å². The molecule has 0 saturated carbocycles. The number of H-pyrrole nitrogens is 1. The molecule has 3 N–H and O–H groups in total. The SMILES string of the molecule is N#Cc1c(-c2ccccc2)nc(NN=Cc2cc(Cl)cc([N+](=O)[O-])c2O)[nH]c1=O. The van der Waals surface area contributed by atoms with Crippen molar-refractivity contribution in [3.8, 4) is 23.1 Å². The van der Waals surface area contributed by atoms with E-state index in [2.05, 4.69) is 20.5 Å². The van der Waals surface area contributed by atoms with E-state index in [-0.39, 0.29) is 27.8 Å². The number of nitrogens with zero attached hydrogens (tertiary/aromatic N) is 4. The normalized spacial score (nSPS) is 10.6. The molecule has 0 spiro atoms. The summed E-state index contributed by atoms with van der Waals surface area (Å²) in [6.07, 6.45) is 1.08. The lowest BCUT2D eigenvalue weighted by molar-refractivity contribution is -0.385. The maximum Gasteiger partial charge on any atom is 0.312 e. The predicted molar refractivity (Wildman–Crippen MR) is 106 cm³/mol. The van der Waals surface area contributed by atoms with Crippen LogP contribution in [-0.2, 0) is 0 Å². The van der Waals surface area contributed by atoms with Crippen molar-refractivity contribution in [1.29, 1.82) is 5.26 Å². The number of aromatic amines is 1. The molecule has 0 unspecified atom stereocenters. The molecule has 11 heteroatoms. The molecule has 29 heavy (non-hydrogen) atoms. The second-order valence-electron chi connectivity index (χ2n) is 5.61. The summed E-state index contributed by atoms with van der Waals surface area (Å²) in [6.45, 7) is 0. The molecule has 10 nitrogen and oxygen atoms in total. The number of halogens is 1. The highest BCUT2D eigenvalue weighted by Crippen LogP contribution is 2.32. The Bertz CT molecular complexity index is 1220. The van der Waals surface area contributed by atoms with E-state index in [1.54, 1.807) is 30.3 Å². The number of phenols is 1. The molecule has 0 saturated heterocycles. The monoisotopic (exact) mass is 410 g/mol. The zero-order valence-electron chi connectivity index (χ0n) is 14.5. The maximum atomic E-state index is 12.2. The molecule has 144 valence electrons. The Morgan fingerprint density at radius 1 is 1.34 bits per heavy atom. The van der Waals surface area contributed by atoms with Gasteiger partial charge in [0.25, 0.3) is 5.56 Å². The van der Waals surface area contributed by atoms with Crippen molar-refractivity contribution in [1.82, 2.24) is 9.97 Å². The molecule has 0 atom stereocenters. The summed E-state index contributed by atoms with van der Waals surface area (Å²) in [4.78, 5) is 28.9. The van der Waals surface area contributed by atoms with Crippen LogP contribution in [0.1, 0.15) is 11.1 Å². The molecule has 3 aromatic rings. The third-order valence-corrected chi connectivity index (χ3v) is 3.95. The number of hydrazone groups is 1. The quantitative estimate of drug-likeness (QED) is 0.331. The number of hydrogen-bond acceptors (Lipinski definition) is 8. The molecule has 0 aliphatic carbocycles. The van der Waals surface area contributed by atoms with E-state index in [0.29, 0.717) is 5.56 Å². The first-order chi connectivity index (χ1) is 13.9. The second-order valence-corrected chi connectivity index (χ2v) is 6.04. The molecule has 1 aromatic heterocycles. The maximum absolute atomic E-state index is 12.2. The first kappa shape index (κ1) is 19.5. The van der Waals surface area contributed by atoms with Crippen LogP contribution in [-0.4, -0.2) is 26.2 Å². The Morgan fingerprint density at radius 3 is 2.72 bits per heavy atom. The van der Waals surface area contributed by atoms with Crippen LogP contribution < -0.4 is 11.0 Å². The van der Waals surface area contributed by atoms with Gasteiger partial charge in [-0.25, -0.2) is 10.4 Å². The molecule has 0 bridgehead atoms.